The van der Waals surface area contributed by atoms with Gasteiger partial charge in [-0.15, -0.1) is 0 Å². The lowest BCUT2D eigenvalue weighted by Crippen LogP contribution is -2.32. The van der Waals surface area contributed by atoms with Gasteiger partial charge in [-0.2, -0.15) is 5.10 Å². The second-order valence-corrected chi connectivity index (χ2v) is 13.3. The third kappa shape index (κ3) is 8.35. The molecule has 0 saturated heterocycles. The average Bonchev–Trinajstić information content (AvgIpc) is 3.59. The summed E-state index contributed by atoms with van der Waals surface area (Å²) in [6, 6.07) is 19.5. The first-order chi connectivity index (χ1) is 21.7. The molecule has 0 atom stereocenters. The van der Waals surface area contributed by atoms with Crippen molar-refractivity contribution in [1.29, 1.82) is 0 Å². The topological polar surface area (TPSA) is 105 Å². The molecule has 1 aromatic heterocycles. The number of amides is 1. The summed E-state index contributed by atoms with van der Waals surface area (Å²) in [4.78, 5) is 24.5. The van der Waals surface area contributed by atoms with Gasteiger partial charge in [0.15, 0.2) is 0 Å². The Hall–Kier alpha value is -5.05. The number of fused-ring (bicyclic) bond motifs is 1. The highest BCUT2D eigenvalue weighted by Gasteiger charge is 2.24. The number of carbonyl (C=O) groups is 2. The zero-order valence-electron chi connectivity index (χ0n) is 27.5. The molecule has 9 nitrogen and oxygen atoms in total. The number of carbonyl (C=O) groups excluding carboxylic acids is 2. The third-order valence-electron chi connectivity index (χ3n) is 6.97. The van der Waals surface area contributed by atoms with Gasteiger partial charge in [-0.3, -0.25) is 9.48 Å². The summed E-state index contributed by atoms with van der Waals surface area (Å²) in [6.45, 7) is 11.7. The van der Waals surface area contributed by atoms with Crippen molar-refractivity contribution >= 4 is 12.1 Å². The van der Waals surface area contributed by atoms with Crippen molar-refractivity contribution in [2.24, 2.45) is 7.05 Å². The van der Waals surface area contributed by atoms with Crippen molar-refractivity contribution in [2.45, 2.75) is 72.3 Å². The maximum atomic E-state index is 12.4. The van der Waals surface area contributed by atoms with E-state index in [2.05, 4.69) is 10.4 Å². The summed E-state index contributed by atoms with van der Waals surface area (Å²) in [5.41, 5.74) is 6.37. The molecule has 240 valence electrons. The van der Waals surface area contributed by atoms with E-state index in [1.54, 1.807) is 10.9 Å². The van der Waals surface area contributed by atoms with Crippen LogP contribution in [0.25, 0.3) is 33.6 Å². The summed E-state index contributed by atoms with van der Waals surface area (Å²) in [5, 5.41) is 7.24. The highest BCUT2D eigenvalue weighted by Crippen LogP contribution is 2.44. The number of nitrogens with one attached hydrogen (secondary N) is 1. The molecule has 1 amide bonds. The van der Waals surface area contributed by atoms with Gasteiger partial charge in [0, 0.05) is 42.0 Å². The molecule has 5 rings (SSSR count). The first-order valence-electron chi connectivity index (χ1n) is 15.3. The van der Waals surface area contributed by atoms with Crippen LogP contribution in [-0.2, 0) is 40.9 Å². The van der Waals surface area contributed by atoms with Gasteiger partial charge < -0.3 is 23.9 Å². The first kappa shape index (κ1) is 32.3. The maximum absolute atomic E-state index is 12.4. The number of nitrogens with zero attached hydrogens (tertiary/aromatic N) is 2. The highest BCUT2D eigenvalue weighted by molar-refractivity contribution is 5.95. The van der Waals surface area contributed by atoms with Crippen molar-refractivity contribution in [3.8, 4) is 39.3 Å². The lowest BCUT2D eigenvalue weighted by atomic mass is 9.93. The molecular formula is C37H41N3O6. The van der Waals surface area contributed by atoms with Crippen LogP contribution in [0.4, 0.5) is 4.79 Å². The third-order valence-corrected chi connectivity index (χ3v) is 6.97. The average molecular weight is 624 g/mol. The lowest BCUT2D eigenvalue weighted by Gasteiger charge is -2.19. The van der Waals surface area contributed by atoms with Gasteiger partial charge in [-0.05, 0) is 88.1 Å². The van der Waals surface area contributed by atoms with E-state index in [1.807, 2.05) is 122 Å². The Balaban J connectivity index is 1.40. The Labute approximate surface area is 269 Å². The normalized spacial score (nSPS) is 11.8. The van der Waals surface area contributed by atoms with Crippen LogP contribution in [0, 0.1) is 0 Å². The van der Waals surface area contributed by atoms with Crippen LogP contribution in [0.1, 0.15) is 58.2 Å². The number of esters is 1. The molecule has 2 aromatic carbocycles. The highest BCUT2D eigenvalue weighted by atomic mass is 16.6. The Bertz CT molecular complexity index is 1790. The Morgan fingerprint density at radius 3 is 2.28 bits per heavy atom. The SMILES string of the molecule is Cn1cc(-c2c(COc3cccc(CC(=O)OC(C)(C)C)c3)coc3ccc(-c4ccc(CNC(=O)OC(C)(C)C)cc4)c2-3)cn1. The van der Waals surface area contributed by atoms with E-state index in [4.69, 9.17) is 18.6 Å². The van der Waals surface area contributed by atoms with Crippen LogP contribution in [-0.4, -0.2) is 33.0 Å². The van der Waals surface area contributed by atoms with E-state index >= 15 is 0 Å². The number of aryl methyl sites for hydroxylation is 1. The van der Waals surface area contributed by atoms with Gasteiger partial charge in [0.1, 0.15) is 29.3 Å². The van der Waals surface area contributed by atoms with E-state index in [0.717, 1.165) is 50.3 Å². The minimum absolute atomic E-state index is 0.156. The number of hydrogen-bond donors (Lipinski definition) is 1. The van der Waals surface area contributed by atoms with Crippen LogP contribution >= 0.6 is 0 Å². The molecule has 1 aliphatic heterocycles. The quantitative estimate of drug-likeness (QED) is 0.166. The van der Waals surface area contributed by atoms with Crippen molar-refractivity contribution in [3.63, 3.8) is 0 Å². The van der Waals surface area contributed by atoms with Crippen LogP contribution in [0.5, 0.6) is 5.75 Å². The summed E-state index contributed by atoms with van der Waals surface area (Å²) in [5.74, 6) is 1.09. The van der Waals surface area contributed by atoms with E-state index in [1.165, 1.54) is 0 Å². The van der Waals surface area contributed by atoms with Gasteiger partial charge >= 0.3 is 12.1 Å². The standard InChI is InChI=1S/C37H41N3O6/c1-36(2,3)45-32(41)18-25-9-8-10-29(17-25)43-22-28-23-44-31-16-15-30(34(31)33(28)27-20-39-40(7)21-27)26-13-11-24(12-14-26)19-38-35(42)46-37(4,5)6/h8-17,20-21,23H,18-19,22H2,1-7H3,(H,38,42). The van der Waals surface area contributed by atoms with Crippen molar-refractivity contribution in [1.82, 2.24) is 15.1 Å². The molecular weight excluding hydrogens is 582 g/mol. The molecule has 1 N–H and O–H groups in total. The van der Waals surface area contributed by atoms with Crippen LogP contribution in [0.3, 0.4) is 0 Å². The summed E-state index contributed by atoms with van der Waals surface area (Å²) in [7, 11) is 1.89. The molecule has 0 fully saturated rings. The molecule has 1 aliphatic carbocycles. The number of benzene rings is 2. The van der Waals surface area contributed by atoms with Crippen molar-refractivity contribution in [3.05, 3.63) is 96.0 Å². The molecule has 0 unspecified atom stereocenters. The molecule has 0 bridgehead atoms. The van der Waals surface area contributed by atoms with Gasteiger partial charge in [0.2, 0.25) is 0 Å². The first-order valence-corrected chi connectivity index (χ1v) is 15.3. The van der Waals surface area contributed by atoms with E-state index in [9.17, 15) is 9.59 Å². The fraction of sp³-hybridized carbons (Fsp3) is 0.324. The Morgan fingerprint density at radius 2 is 1.61 bits per heavy atom. The molecule has 46 heavy (non-hydrogen) atoms. The molecule has 2 aliphatic rings. The molecule has 0 radical (unpaired) electrons. The molecule has 0 saturated carbocycles. The van der Waals surface area contributed by atoms with Crippen molar-refractivity contribution in [2.75, 3.05) is 0 Å². The van der Waals surface area contributed by atoms with E-state index in [-0.39, 0.29) is 19.0 Å². The monoisotopic (exact) mass is 623 g/mol. The zero-order chi connectivity index (χ0) is 33.1. The zero-order valence-corrected chi connectivity index (χ0v) is 27.5. The predicted octanol–water partition coefficient (Wildman–Crippen LogP) is 7.94. The summed E-state index contributed by atoms with van der Waals surface area (Å²) < 4.78 is 25.0. The number of hydrogen-bond acceptors (Lipinski definition) is 7. The molecule has 2 heterocycles. The number of aromatic nitrogens is 2. The second kappa shape index (κ2) is 13.1. The smallest absolute Gasteiger partial charge is 0.407 e. The second-order valence-electron chi connectivity index (χ2n) is 13.3. The van der Waals surface area contributed by atoms with Gasteiger partial charge in [0.05, 0.1) is 18.9 Å². The van der Waals surface area contributed by atoms with E-state index < -0.39 is 17.3 Å². The number of rotatable bonds is 9. The minimum atomic E-state index is -0.556. The fourth-order valence-electron chi connectivity index (χ4n) is 5.14. The number of alkyl carbamates (subject to hydrolysis) is 1. The molecule has 9 heteroatoms. The Kier molecular flexibility index (Phi) is 9.23. The molecule has 3 aromatic rings. The van der Waals surface area contributed by atoms with Gasteiger partial charge in [0.25, 0.3) is 0 Å². The van der Waals surface area contributed by atoms with E-state index in [0.29, 0.717) is 12.3 Å². The minimum Gasteiger partial charge on any atom is -0.489 e. The van der Waals surface area contributed by atoms with Crippen LogP contribution in [0.2, 0.25) is 0 Å². The fourth-order valence-corrected chi connectivity index (χ4v) is 5.14. The lowest BCUT2D eigenvalue weighted by molar-refractivity contribution is -0.153. The van der Waals surface area contributed by atoms with Crippen LogP contribution < -0.4 is 10.1 Å². The molecule has 0 spiro atoms. The van der Waals surface area contributed by atoms with Crippen molar-refractivity contribution < 1.29 is 28.2 Å². The Morgan fingerprint density at radius 1 is 0.870 bits per heavy atom. The van der Waals surface area contributed by atoms with Crippen LogP contribution in [0.15, 0.2) is 83.7 Å². The maximum Gasteiger partial charge on any atom is 0.407 e. The van der Waals surface area contributed by atoms with Gasteiger partial charge in [-0.25, -0.2) is 4.79 Å². The van der Waals surface area contributed by atoms with Gasteiger partial charge in [-0.1, -0.05) is 36.4 Å². The number of ether oxygens (including phenoxy) is 3. The predicted molar refractivity (Wildman–Crippen MR) is 176 cm³/mol. The summed E-state index contributed by atoms with van der Waals surface area (Å²) >= 11 is 0. The summed E-state index contributed by atoms with van der Waals surface area (Å²) in [6.07, 6.45) is 5.24. The largest absolute Gasteiger partial charge is 0.489 e.